The molecule has 1 aromatic rings. The summed E-state index contributed by atoms with van der Waals surface area (Å²) in [6.45, 7) is 4.10. The van der Waals surface area contributed by atoms with Gasteiger partial charge in [-0.2, -0.15) is 5.10 Å². The number of aromatic nitrogens is 2. The van der Waals surface area contributed by atoms with Gasteiger partial charge in [0.05, 0.1) is 5.69 Å². The van der Waals surface area contributed by atoms with Gasteiger partial charge in [0.15, 0.2) is 0 Å². The Morgan fingerprint density at radius 1 is 1.43 bits per heavy atom. The maximum Gasteiger partial charge on any atom is 0.323 e. The van der Waals surface area contributed by atoms with E-state index in [9.17, 15) is 9.59 Å². The number of carbonyl (C=O) groups excluding carboxylic acids is 1. The summed E-state index contributed by atoms with van der Waals surface area (Å²) in [5.74, 6) is -0.776. The highest BCUT2D eigenvalue weighted by atomic mass is 16.4. The van der Waals surface area contributed by atoms with Crippen LogP contribution in [0.15, 0.2) is 6.08 Å². The number of aliphatic carboxylic acids is 1. The number of nitrogens with zero attached hydrogens (tertiary/aromatic N) is 3. The number of aryl methyl sites for hydroxylation is 2. The molecular weight excluding hydrogens is 270 g/mol. The van der Waals surface area contributed by atoms with E-state index in [1.807, 2.05) is 20.9 Å². The van der Waals surface area contributed by atoms with E-state index >= 15 is 0 Å². The first-order valence-electron chi connectivity index (χ1n) is 7.07. The van der Waals surface area contributed by atoms with Crippen molar-refractivity contribution in [1.82, 2.24) is 14.7 Å². The Labute approximate surface area is 124 Å². The Bertz CT molecular complexity index is 585. The number of carboxylic acids is 1. The summed E-state index contributed by atoms with van der Waals surface area (Å²) >= 11 is 0. The van der Waals surface area contributed by atoms with Gasteiger partial charge in [0, 0.05) is 30.9 Å². The lowest BCUT2D eigenvalue weighted by Gasteiger charge is -2.18. The van der Waals surface area contributed by atoms with Gasteiger partial charge in [-0.25, -0.2) is 0 Å². The molecule has 0 atom stereocenters. The molecule has 0 bridgehead atoms. The van der Waals surface area contributed by atoms with Crippen LogP contribution in [0.5, 0.6) is 0 Å². The van der Waals surface area contributed by atoms with Crippen LogP contribution in [0, 0.1) is 19.8 Å². The number of carbonyl (C=O) groups is 2. The van der Waals surface area contributed by atoms with Crippen molar-refractivity contribution in [2.45, 2.75) is 26.7 Å². The minimum atomic E-state index is -0.980. The van der Waals surface area contributed by atoms with Crippen molar-refractivity contribution in [2.24, 2.45) is 13.0 Å². The van der Waals surface area contributed by atoms with E-state index in [0.29, 0.717) is 12.5 Å². The maximum atomic E-state index is 12.2. The first-order chi connectivity index (χ1) is 9.88. The second kappa shape index (κ2) is 6.11. The molecule has 1 aliphatic rings. The third-order valence-electron chi connectivity index (χ3n) is 3.77. The van der Waals surface area contributed by atoms with Crippen LogP contribution in [0.25, 0.3) is 6.08 Å². The van der Waals surface area contributed by atoms with E-state index in [1.165, 1.54) is 11.0 Å². The molecule has 0 radical (unpaired) electrons. The van der Waals surface area contributed by atoms with Gasteiger partial charge in [0.1, 0.15) is 6.54 Å². The van der Waals surface area contributed by atoms with E-state index < -0.39 is 5.97 Å². The monoisotopic (exact) mass is 291 g/mol. The molecule has 1 aromatic heterocycles. The molecule has 1 heterocycles. The predicted molar refractivity (Wildman–Crippen MR) is 78.7 cm³/mol. The molecule has 0 unspecified atom stereocenters. The minimum Gasteiger partial charge on any atom is -0.480 e. The summed E-state index contributed by atoms with van der Waals surface area (Å²) in [5.41, 5.74) is 2.74. The van der Waals surface area contributed by atoms with E-state index in [4.69, 9.17) is 5.11 Å². The highest BCUT2D eigenvalue weighted by Crippen LogP contribution is 2.29. The van der Waals surface area contributed by atoms with Crippen LogP contribution in [0.4, 0.5) is 0 Å². The molecule has 0 aromatic carbocycles. The Balaban J connectivity index is 2.09. The predicted octanol–water partition coefficient (Wildman–Crippen LogP) is 1.37. The molecule has 6 heteroatoms. The molecule has 1 aliphatic carbocycles. The van der Waals surface area contributed by atoms with Gasteiger partial charge in [-0.3, -0.25) is 14.3 Å². The zero-order valence-corrected chi connectivity index (χ0v) is 12.7. The van der Waals surface area contributed by atoms with Crippen molar-refractivity contribution in [3.8, 4) is 0 Å². The van der Waals surface area contributed by atoms with Crippen LogP contribution in [0.2, 0.25) is 0 Å². The van der Waals surface area contributed by atoms with Crippen LogP contribution in [0.1, 0.15) is 29.8 Å². The molecule has 0 spiro atoms. The smallest absolute Gasteiger partial charge is 0.323 e. The number of rotatable bonds is 6. The fourth-order valence-corrected chi connectivity index (χ4v) is 2.30. The van der Waals surface area contributed by atoms with Crippen LogP contribution >= 0.6 is 0 Å². The third-order valence-corrected chi connectivity index (χ3v) is 3.77. The number of carboxylic acid groups (broad SMARTS) is 1. The largest absolute Gasteiger partial charge is 0.480 e. The number of hydrogen-bond acceptors (Lipinski definition) is 3. The average molecular weight is 291 g/mol. The first kappa shape index (κ1) is 15.3. The number of hydrogen-bond donors (Lipinski definition) is 1. The van der Waals surface area contributed by atoms with Crippen molar-refractivity contribution in [3.63, 3.8) is 0 Å². The van der Waals surface area contributed by atoms with E-state index in [0.717, 1.165) is 29.8 Å². The van der Waals surface area contributed by atoms with Crippen molar-refractivity contribution < 1.29 is 14.7 Å². The van der Waals surface area contributed by atoms with Crippen molar-refractivity contribution in [2.75, 3.05) is 13.1 Å². The van der Waals surface area contributed by atoms with E-state index in [1.54, 1.807) is 10.8 Å². The zero-order valence-electron chi connectivity index (χ0n) is 12.7. The molecule has 0 saturated heterocycles. The fraction of sp³-hybridized carbons (Fsp3) is 0.533. The summed E-state index contributed by atoms with van der Waals surface area (Å²) < 4.78 is 1.76. The summed E-state index contributed by atoms with van der Waals surface area (Å²) in [4.78, 5) is 24.5. The van der Waals surface area contributed by atoms with Crippen molar-refractivity contribution in [3.05, 3.63) is 23.0 Å². The van der Waals surface area contributed by atoms with Crippen LogP contribution in [0.3, 0.4) is 0 Å². The Morgan fingerprint density at radius 3 is 2.57 bits per heavy atom. The molecule has 114 valence electrons. The summed E-state index contributed by atoms with van der Waals surface area (Å²) in [5, 5.41) is 13.2. The Kier molecular flexibility index (Phi) is 4.45. The Morgan fingerprint density at radius 2 is 2.10 bits per heavy atom. The van der Waals surface area contributed by atoms with Crippen LogP contribution in [-0.2, 0) is 16.6 Å². The molecule has 21 heavy (non-hydrogen) atoms. The average Bonchev–Trinajstić information content (AvgIpc) is 3.16. The quantitative estimate of drug-likeness (QED) is 0.803. The summed E-state index contributed by atoms with van der Waals surface area (Å²) in [6, 6.07) is 0. The van der Waals surface area contributed by atoms with Gasteiger partial charge in [-0.15, -0.1) is 0 Å². The van der Waals surface area contributed by atoms with Gasteiger partial charge >= 0.3 is 5.97 Å². The van der Waals surface area contributed by atoms with Crippen LogP contribution < -0.4 is 0 Å². The maximum absolute atomic E-state index is 12.2. The molecule has 6 nitrogen and oxygen atoms in total. The molecular formula is C15H21N3O3. The fourth-order valence-electron chi connectivity index (χ4n) is 2.30. The second-order valence-electron chi connectivity index (χ2n) is 5.60. The molecule has 2 rings (SSSR count). The van der Waals surface area contributed by atoms with Gasteiger partial charge in [-0.05, 0) is 38.7 Å². The highest BCUT2D eigenvalue weighted by molar-refractivity contribution is 5.93. The minimum absolute atomic E-state index is 0.245. The summed E-state index contributed by atoms with van der Waals surface area (Å²) in [7, 11) is 1.85. The van der Waals surface area contributed by atoms with Gasteiger partial charge in [0.2, 0.25) is 5.91 Å². The Hall–Kier alpha value is -2.11. The first-order valence-corrected chi connectivity index (χ1v) is 7.07. The molecule has 1 amide bonds. The molecule has 1 saturated carbocycles. The standard InChI is InChI=1S/C15H21N3O3/c1-10-13(11(2)17(3)16-10)6-7-14(19)18(9-15(20)21)8-12-4-5-12/h6-7,12H,4-5,8-9H2,1-3H3,(H,20,21)/b7-6+. The van der Waals surface area contributed by atoms with E-state index in [-0.39, 0.29) is 12.5 Å². The topological polar surface area (TPSA) is 75.4 Å². The van der Waals surface area contributed by atoms with Crippen molar-refractivity contribution in [1.29, 1.82) is 0 Å². The van der Waals surface area contributed by atoms with Gasteiger partial charge in [-0.1, -0.05) is 0 Å². The summed E-state index contributed by atoms with van der Waals surface area (Å²) in [6.07, 6.45) is 5.33. The lowest BCUT2D eigenvalue weighted by molar-refractivity contribution is -0.142. The second-order valence-corrected chi connectivity index (χ2v) is 5.60. The molecule has 0 aliphatic heterocycles. The van der Waals surface area contributed by atoms with Crippen LogP contribution in [-0.4, -0.2) is 44.8 Å². The van der Waals surface area contributed by atoms with Gasteiger partial charge in [0.25, 0.3) is 0 Å². The lowest BCUT2D eigenvalue weighted by atomic mass is 10.2. The molecule has 1 N–H and O–H groups in total. The third kappa shape index (κ3) is 3.93. The van der Waals surface area contributed by atoms with Crippen molar-refractivity contribution >= 4 is 18.0 Å². The normalized spacial score (nSPS) is 14.6. The SMILES string of the molecule is Cc1nn(C)c(C)c1/C=C/C(=O)N(CC(=O)O)CC1CC1. The van der Waals surface area contributed by atoms with Gasteiger partial charge < -0.3 is 10.0 Å². The highest BCUT2D eigenvalue weighted by Gasteiger charge is 2.27. The number of amides is 1. The van der Waals surface area contributed by atoms with E-state index in [2.05, 4.69) is 5.10 Å². The lowest BCUT2D eigenvalue weighted by Crippen LogP contribution is -2.36. The zero-order chi connectivity index (χ0) is 15.6. The molecule has 1 fully saturated rings.